The second-order valence-electron chi connectivity index (χ2n) is 3.17. The van der Waals surface area contributed by atoms with Gasteiger partial charge in [0, 0.05) is 12.4 Å². The fourth-order valence-electron chi connectivity index (χ4n) is 1.21. The highest BCUT2D eigenvalue weighted by Crippen LogP contribution is 2.13. The normalized spacial score (nSPS) is 10.0. The van der Waals surface area contributed by atoms with Gasteiger partial charge in [-0.25, -0.2) is 0 Å². The number of amides is 1. The van der Waals surface area contributed by atoms with E-state index in [1.165, 1.54) is 12.4 Å². The van der Waals surface area contributed by atoms with Crippen LogP contribution in [-0.2, 0) is 0 Å². The molecule has 2 heterocycles. The van der Waals surface area contributed by atoms with Crippen LogP contribution in [0.3, 0.4) is 0 Å². The molecule has 0 bridgehead atoms. The maximum absolute atomic E-state index is 11.8. The first-order chi connectivity index (χ1) is 8.20. The van der Waals surface area contributed by atoms with E-state index < -0.39 is 5.91 Å². The Morgan fingerprint density at radius 2 is 2.35 bits per heavy atom. The number of nitrogens with two attached hydrogens (primary N) is 1. The number of aryl methyl sites for hydroxylation is 1. The monoisotopic (exact) mass is 234 g/mol. The molecule has 1 amide bonds. The molecule has 0 fully saturated rings. The van der Waals surface area contributed by atoms with Crippen molar-refractivity contribution in [2.24, 2.45) is 5.84 Å². The fourth-order valence-corrected chi connectivity index (χ4v) is 1.21. The van der Waals surface area contributed by atoms with E-state index in [2.05, 4.69) is 25.9 Å². The van der Waals surface area contributed by atoms with E-state index in [1.807, 2.05) is 0 Å². The molecule has 0 aromatic carbocycles. The van der Waals surface area contributed by atoms with Crippen molar-refractivity contribution in [1.82, 2.24) is 15.1 Å². The Morgan fingerprint density at radius 1 is 1.53 bits per heavy atom. The number of pyridine rings is 1. The van der Waals surface area contributed by atoms with Crippen LogP contribution in [0.25, 0.3) is 0 Å². The van der Waals surface area contributed by atoms with Gasteiger partial charge in [-0.15, -0.1) is 0 Å². The van der Waals surface area contributed by atoms with Gasteiger partial charge in [0.05, 0.1) is 11.3 Å². The molecule has 4 N–H and O–H groups in total. The number of aromatic nitrogens is 3. The maximum Gasteiger partial charge on any atom is 0.328 e. The summed E-state index contributed by atoms with van der Waals surface area (Å²) < 4.78 is 4.76. The van der Waals surface area contributed by atoms with Crippen LogP contribution in [-0.4, -0.2) is 21.0 Å². The Hall–Kier alpha value is -2.48. The molecule has 0 unspecified atom stereocenters. The lowest BCUT2D eigenvalue weighted by Crippen LogP contribution is -2.17. The summed E-state index contributed by atoms with van der Waals surface area (Å²) in [5, 5.41) is 5.99. The van der Waals surface area contributed by atoms with E-state index >= 15 is 0 Å². The number of hydrogen-bond donors (Lipinski definition) is 3. The van der Waals surface area contributed by atoms with Gasteiger partial charge in [-0.1, -0.05) is 5.16 Å². The minimum atomic E-state index is -0.435. The summed E-state index contributed by atoms with van der Waals surface area (Å²) in [7, 11) is 0. The molecule has 0 aliphatic rings. The summed E-state index contributed by atoms with van der Waals surface area (Å²) in [6, 6.07) is 1.60. The van der Waals surface area contributed by atoms with Gasteiger partial charge in [0.15, 0.2) is 5.82 Å². The Labute approximate surface area is 96.2 Å². The van der Waals surface area contributed by atoms with Gasteiger partial charge in [-0.3, -0.25) is 20.9 Å². The molecule has 88 valence electrons. The number of hydrogen-bond acceptors (Lipinski definition) is 7. The topological polar surface area (TPSA) is 119 Å². The highest BCUT2D eigenvalue weighted by atomic mass is 16.5. The number of anilines is 2. The van der Waals surface area contributed by atoms with Crippen LogP contribution in [0.2, 0.25) is 0 Å². The first-order valence-electron chi connectivity index (χ1n) is 4.73. The Kier molecular flexibility index (Phi) is 2.97. The van der Waals surface area contributed by atoms with E-state index in [9.17, 15) is 4.79 Å². The van der Waals surface area contributed by atoms with Gasteiger partial charge in [0.25, 0.3) is 5.91 Å². The molecule has 0 spiro atoms. The van der Waals surface area contributed by atoms with Crippen molar-refractivity contribution in [3.05, 3.63) is 29.8 Å². The van der Waals surface area contributed by atoms with Crippen LogP contribution in [0.5, 0.6) is 0 Å². The fraction of sp³-hybridized carbons (Fsp3) is 0.111. The predicted octanol–water partition coefficient (Wildman–Crippen LogP) is 0.311. The summed E-state index contributed by atoms with van der Waals surface area (Å²) in [6.07, 6.45) is 2.90. The van der Waals surface area contributed by atoms with Crippen molar-refractivity contribution in [2.45, 2.75) is 6.92 Å². The molecule has 2 aromatic rings. The Bertz CT molecular complexity index is 538. The van der Waals surface area contributed by atoms with E-state index in [1.54, 1.807) is 13.0 Å². The maximum atomic E-state index is 11.8. The number of nitrogen functional groups attached to an aromatic ring is 1. The Morgan fingerprint density at radius 3 is 3.00 bits per heavy atom. The predicted molar refractivity (Wildman–Crippen MR) is 59.0 cm³/mol. The molecule has 2 aromatic heterocycles. The first kappa shape index (κ1) is 11.0. The minimum Gasteiger partial charge on any atom is -0.323 e. The summed E-state index contributed by atoms with van der Waals surface area (Å²) in [6.45, 7) is 1.65. The first-order valence-corrected chi connectivity index (χ1v) is 4.73. The Balaban J connectivity index is 2.20. The molecule has 0 aliphatic heterocycles. The van der Waals surface area contributed by atoms with E-state index in [4.69, 9.17) is 10.4 Å². The number of rotatable bonds is 3. The molecule has 8 nitrogen and oxygen atoms in total. The lowest BCUT2D eigenvalue weighted by molar-refractivity contribution is 0.102. The van der Waals surface area contributed by atoms with Crippen molar-refractivity contribution in [2.75, 3.05) is 10.7 Å². The second-order valence-corrected chi connectivity index (χ2v) is 3.17. The third-order valence-corrected chi connectivity index (χ3v) is 1.97. The highest BCUT2D eigenvalue weighted by Gasteiger charge is 2.13. The van der Waals surface area contributed by atoms with Crippen LogP contribution in [0, 0.1) is 6.92 Å². The van der Waals surface area contributed by atoms with Gasteiger partial charge in [0.2, 0.25) is 0 Å². The summed E-state index contributed by atoms with van der Waals surface area (Å²) >= 11 is 0. The average molecular weight is 234 g/mol. The van der Waals surface area contributed by atoms with Crippen molar-refractivity contribution >= 4 is 17.6 Å². The van der Waals surface area contributed by atoms with Crippen LogP contribution in [0.1, 0.15) is 16.2 Å². The van der Waals surface area contributed by atoms with Gasteiger partial charge in [0.1, 0.15) is 0 Å². The van der Waals surface area contributed by atoms with Crippen LogP contribution >= 0.6 is 0 Å². The zero-order chi connectivity index (χ0) is 12.3. The number of nitrogens with zero attached hydrogens (tertiary/aromatic N) is 3. The molecule has 0 saturated carbocycles. The molecule has 8 heteroatoms. The van der Waals surface area contributed by atoms with E-state index in [-0.39, 0.29) is 11.6 Å². The van der Waals surface area contributed by atoms with Crippen LogP contribution in [0.15, 0.2) is 23.0 Å². The molecular weight excluding hydrogens is 224 g/mol. The zero-order valence-electron chi connectivity index (χ0n) is 8.97. The number of nitrogens with one attached hydrogen (secondary N) is 2. The van der Waals surface area contributed by atoms with Crippen molar-refractivity contribution in [3.63, 3.8) is 0 Å². The van der Waals surface area contributed by atoms with E-state index in [0.717, 1.165) is 0 Å². The zero-order valence-corrected chi connectivity index (χ0v) is 8.97. The largest absolute Gasteiger partial charge is 0.328 e. The van der Waals surface area contributed by atoms with Crippen molar-refractivity contribution in [1.29, 1.82) is 0 Å². The second kappa shape index (κ2) is 4.58. The molecule has 2 rings (SSSR count). The summed E-state index contributed by atoms with van der Waals surface area (Å²) in [5.41, 5.74) is 3.14. The third kappa shape index (κ3) is 2.37. The number of carbonyl (C=O) groups excluding carboxylic acids is 1. The summed E-state index contributed by atoms with van der Waals surface area (Å²) in [5.74, 6) is 5.28. The lowest BCUT2D eigenvalue weighted by atomic mass is 10.2. The molecule has 0 saturated heterocycles. The van der Waals surface area contributed by atoms with Gasteiger partial charge >= 0.3 is 6.01 Å². The molecule has 0 radical (unpaired) electrons. The molecule has 0 atom stereocenters. The van der Waals surface area contributed by atoms with E-state index in [0.29, 0.717) is 11.5 Å². The molecular formula is C9H10N6O2. The number of hydrazine groups is 1. The number of carbonyl (C=O) groups is 1. The quantitative estimate of drug-likeness (QED) is 0.516. The van der Waals surface area contributed by atoms with Crippen LogP contribution in [0.4, 0.5) is 11.7 Å². The smallest absolute Gasteiger partial charge is 0.323 e. The van der Waals surface area contributed by atoms with Crippen molar-refractivity contribution < 1.29 is 9.32 Å². The van der Waals surface area contributed by atoms with Gasteiger partial charge in [-0.2, -0.15) is 4.98 Å². The SMILES string of the molecule is Cc1noc(NC(=O)c2cnccc2NN)n1. The highest BCUT2D eigenvalue weighted by molar-refractivity contribution is 6.06. The molecule has 0 aliphatic carbocycles. The van der Waals surface area contributed by atoms with Crippen molar-refractivity contribution in [3.8, 4) is 0 Å². The summed E-state index contributed by atoms with van der Waals surface area (Å²) in [4.78, 5) is 19.5. The van der Waals surface area contributed by atoms with Crippen LogP contribution < -0.4 is 16.6 Å². The third-order valence-electron chi connectivity index (χ3n) is 1.97. The van der Waals surface area contributed by atoms with Gasteiger partial charge in [-0.05, 0) is 13.0 Å². The standard InChI is InChI=1S/C9H10N6O2/c1-5-12-9(17-15-5)13-8(16)6-4-11-3-2-7(6)14-10/h2-4H,10H2,1H3,(H,11,14)(H,12,13,15,16). The minimum absolute atomic E-state index is 0.0272. The average Bonchev–Trinajstić information content (AvgIpc) is 2.74. The lowest BCUT2D eigenvalue weighted by Gasteiger charge is -2.05. The molecule has 17 heavy (non-hydrogen) atoms. The van der Waals surface area contributed by atoms with Gasteiger partial charge < -0.3 is 9.95 Å².